The maximum atomic E-state index is 9.86. The van der Waals surface area contributed by atoms with Crippen molar-refractivity contribution in [2.75, 3.05) is 18.8 Å². The number of benzene rings is 1. The molecule has 18 heavy (non-hydrogen) atoms. The number of aryl methyl sites for hydroxylation is 2. The lowest BCUT2D eigenvalue weighted by atomic mass is 10.1. The summed E-state index contributed by atoms with van der Waals surface area (Å²) in [5.74, 6) is 1.37. The molecule has 0 aliphatic rings. The fraction of sp³-hybridized carbons (Fsp3) is 0.600. The molecule has 0 bridgehead atoms. The van der Waals surface area contributed by atoms with E-state index in [1.807, 2.05) is 0 Å². The molecule has 0 fully saturated rings. The summed E-state index contributed by atoms with van der Waals surface area (Å²) in [5.41, 5.74) is 2.63. The molecule has 1 aromatic carbocycles. The smallest absolute Gasteiger partial charge is 0.0758 e. The van der Waals surface area contributed by atoms with Crippen molar-refractivity contribution in [1.29, 1.82) is 0 Å². The molecule has 2 N–H and O–H groups in total. The minimum absolute atomic E-state index is 0.282. The molecule has 3 heteroatoms. The Hall–Kier alpha value is -0.510. The molecule has 0 spiro atoms. The summed E-state index contributed by atoms with van der Waals surface area (Å²) >= 11 is 1.72. The summed E-state index contributed by atoms with van der Waals surface area (Å²) in [6.45, 7) is 10.2. The van der Waals surface area contributed by atoms with Gasteiger partial charge in [-0.25, -0.2) is 0 Å². The van der Waals surface area contributed by atoms with Crippen molar-refractivity contribution >= 4 is 11.8 Å². The van der Waals surface area contributed by atoms with Crippen LogP contribution < -0.4 is 5.32 Å². The number of nitrogens with one attached hydrogen (secondary N) is 1. The summed E-state index contributed by atoms with van der Waals surface area (Å²) in [6.07, 6.45) is -0.282. The summed E-state index contributed by atoms with van der Waals surface area (Å²) in [6, 6.07) is 6.45. The number of aliphatic hydroxyl groups excluding tert-OH is 1. The van der Waals surface area contributed by atoms with E-state index in [0.29, 0.717) is 12.5 Å². The van der Waals surface area contributed by atoms with Crippen LogP contribution in [-0.2, 0) is 0 Å². The van der Waals surface area contributed by atoms with Gasteiger partial charge in [-0.3, -0.25) is 0 Å². The van der Waals surface area contributed by atoms with Crippen LogP contribution in [0.4, 0.5) is 0 Å². The van der Waals surface area contributed by atoms with Crippen LogP contribution in [0, 0.1) is 19.8 Å². The van der Waals surface area contributed by atoms with Crippen molar-refractivity contribution in [3.8, 4) is 0 Å². The second-order valence-corrected chi connectivity index (χ2v) is 6.36. The zero-order valence-electron chi connectivity index (χ0n) is 11.9. The van der Waals surface area contributed by atoms with Crippen LogP contribution in [0.3, 0.4) is 0 Å². The van der Waals surface area contributed by atoms with Crippen molar-refractivity contribution in [3.63, 3.8) is 0 Å². The van der Waals surface area contributed by atoms with E-state index >= 15 is 0 Å². The Morgan fingerprint density at radius 1 is 1.17 bits per heavy atom. The van der Waals surface area contributed by atoms with E-state index in [1.165, 1.54) is 16.0 Å². The first-order valence-electron chi connectivity index (χ1n) is 6.58. The minimum Gasteiger partial charge on any atom is -0.391 e. The van der Waals surface area contributed by atoms with E-state index in [9.17, 15) is 5.11 Å². The van der Waals surface area contributed by atoms with Gasteiger partial charge in [-0.15, -0.1) is 11.8 Å². The van der Waals surface area contributed by atoms with Crippen LogP contribution in [0.2, 0.25) is 0 Å². The van der Waals surface area contributed by atoms with Gasteiger partial charge >= 0.3 is 0 Å². The van der Waals surface area contributed by atoms with Crippen LogP contribution in [0.5, 0.6) is 0 Å². The maximum Gasteiger partial charge on any atom is 0.0758 e. The first-order valence-corrected chi connectivity index (χ1v) is 7.56. The molecule has 0 radical (unpaired) electrons. The Bertz CT molecular complexity index is 366. The Morgan fingerprint density at radius 3 is 2.50 bits per heavy atom. The van der Waals surface area contributed by atoms with Gasteiger partial charge in [-0.1, -0.05) is 19.9 Å². The van der Waals surface area contributed by atoms with Crippen molar-refractivity contribution in [1.82, 2.24) is 5.32 Å². The van der Waals surface area contributed by atoms with Gasteiger partial charge < -0.3 is 10.4 Å². The molecule has 1 atom stereocenters. The van der Waals surface area contributed by atoms with Gasteiger partial charge in [-0.05, 0) is 49.6 Å². The van der Waals surface area contributed by atoms with Crippen molar-refractivity contribution < 1.29 is 5.11 Å². The van der Waals surface area contributed by atoms with Gasteiger partial charge in [0.15, 0.2) is 0 Å². The molecule has 0 aromatic heterocycles. The number of thioether (sulfide) groups is 1. The molecule has 0 amide bonds. The van der Waals surface area contributed by atoms with Gasteiger partial charge in [0.1, 0.15) is 0 Å². The highest BCUT2D eigenvalue weighted by Gasteiger charge is 2.05. The molecule has 1 aromatic rings. The zero-order chi connectivity index (χ0) is 13.5. The van der Waals surface area contributed by atoms with Crippen molar-refractivity contribution in [3.05, 3.63) is 29.3 Å². The maximum absolute atomic E-state index is 9.86. The fourth-order valence-corrected chi connectivity index (χ4v) is 2.52. The first kappa shape index (κ1) is 15.5. The molecule has 102 valence electrons. The molecule has 0 saturated heterocycles. The predicted octanol–water partition coefficient (Wildman–Crippen LogP) is 3.00. The lowest BCUT2D eigenvalue weighted by Crippen LogP contribution is -2.30. The summed E-state index contributed by atoms with van der Waals surface area (Å²) in [4.78, 5) is 1.24. The Balaban J connectivity index is 2.29. The largest absolute Gasteiger partial charge is 0.391 e. The minimum atomic E-state index is -0.282. The topological polar surface area (TPSA) is 32.3 Å². The molecule has 0 aliphatic heterocycles. The third kappa shape index (κ3) is 5.89. The summed E-state index contributed by atoms with van der Waals surface area (Å²) < 4.78 is 0. The normalized spacial score (nSPS) is 13.0. The zero-order valence-corrected chi connectivity index (χ0v) is 12.7. The van der Waals surface area contributed by atoms with E-state index < -0.39 is 0 Å². The van der Waals surface area contributed by atoms with Gasteiger partial charge in [0.25, 0.3) is 0 Å². The Morgan fingerprint density at radius 2 is 1.89 bits per heavy atom. The fourth-order valence-electron chi connectivity index (χ4n) is 1.59. The van der Waals surface area contributed by atoms with E-state index in [2.05, 4.69) is 51.2 Å². The number of hydrogen-bond donors (Lipinski definition) is 2. The molecule has 0 heterocycles. The van der Waals surface area contributed by atoms with Crippen molar-refractivity contribution in [2.24, 2.45) is 5.92 Å². The average molecular weight is 267 g/mol. The number of hydrogen-bond acceptors (Lipinski definition) is 3. The Labute approximate surface area is 115 Å². The average Bonchev–Trinajstić information content (AvgIpc) is 2.30. The van der Waals surface area contributed by atoms with E-state index in [0.717, 1.165) is 12.3 Å². The lowest BCUT2D eigenvalue weighted by molar-refractivity contribution is 0.194. The standard InChI is InChI=1S/C15H25NOS/c1-11(2)8-16-9-14(17)10-18-15-6-5-12(3)13(4)7-15/h5-7,11,14,16-17H,8-10H2,1-4H3. The van der Waals surface area contributed by atoms with Gasteiger partial charge in [0.2, 0.25) is 0 Å². The second kappa shape index (κ2) is 7.82. The summed E-state index contributed by atoms with van der Waals surface area (Å²) in [7, 11) is 0. The van der Waals surface area contributed by atoms with E-state index in [1.54, 1.807) is 11.8 Å². The molecular weight excluding hydrogens is 242 g/mol. The predicted molar refractivity (Wildman–Crippen MR) is 80.4 cm³/mol. The lowest BCUT2D eigenvalue weighted by Gasteiger charge is -2.13. The van der Waals surface area contributed by atoms with Crippen molar-refractivity contribution in [2.45, 2.75) is 38.7 Å². The molecule has 1 rings (SSSR count). The van der Waals surface area contributed by atoms with Crippen LogP contribution in [-0.4, -0.2) is 30.1 Å². The Kier molecular flexibility index (Phi) is 6.76. The summed E-state index contributed by atoms with van der Waals surface area (Å²) in [5, 5.41) is 13.1. The van der Waals surface area contributed by atoms with Crippen LogP contribution in [0.25, 0.3) is 0 Å². The molecular formula is C15H25NOS. The van der Waals surface area contributed by atoms with Crippen LogP contribution in [0.1, 0.15) is 25.0 Å². The molecule has 0 aliphatic carbocycles. The molecule has 0 saturated carbocycles. The molecule has 2 nitrogen and oxygen atoms in total. The van der Waals surface area contributed by atoms with Crippen LogP contribution >= 0.6 is 11.8 Å². The second-order valence-electron chi connectivity index (χ2n) is 5.26. The highest BCUT2D eigenvalue weighted by molar-refractivity contribution is 7.99. The molecule has 1 unspecified atom stereocenters. The number of aliphatic hydroxyl groups is 1. The highest BCUT2D eigenvalue weighted by Crippen LogP contribution is 2.21. The first-order chi connectivity index (χ1) is 8.49. The van der Waals surface area contributed by atoms with E-state index in [4.69, 9.17) is 0 Å². The SMILES string of the molecule is Cc1ccc(SCC(O)CNCC(C)C)cc1C. The van der Waals surface area contributed by atoms with Gasteiger partial charge in [-0.2, -0.15) is 0 Å². The third-order valence-corrected chi connectivity index (χ3v) is 3.99. The third-order valence-electron chi connectivity index (χ3n) is 2.85. The number of rotatable bonds is 7. The van der Waals surface area contributed by atoms with Crippen LogP contribution in [0.15, 0.2) is 23.1 Å². The monoisotopic (exact) mass is 267 g/mol. The van der Waals surface area contributed by atoms with Gasteiger partial charge in [0.05, 0.1) is 6.10 Å². The van der Waals surface area contributed by atoms with E-state index in [-0.39, 0.29) is 6.10 Å². The highest BCUT2D eigenvalue weighted by atomic mass is 32.2. The van der Waals surface area contributed by atoms with Gasteiger partial charge in [0, 0.05) is 17.2 Å². The quantitative estimate of drug-likeness (QED) is 0.745.